The second-order valence-electron chi connectivity index (χ2n) is 2.53. The van der Waals surface area contributed by atoms with Crippen molar-refractivity contribution in [2.75, 3.05) is 0 Å². The number of aromatic hydroxyl groups is 1. The average Bonchev–Trinajstić information content (AvgIpc) is 2.53. The highest BCUT2D eigenvalue weighted by Crippen LogP contribution is 2.29. The standard InChI is InChI=1S/C9H6ClNO2/c10-9-5-8(13-11-9)6-3-1-2-4-7(6)12/h1-5,12H. The summed E-state index contributed by atoms with van der Waals surface area (Å²) in [6.07, 6.45) is 0. The van der Waals surface area contributed by atoms with E-state index in [9.17, 15) is 5.11 Å². The molecule has 0 spiro atoms. The first-order chi connectivity index (χ1) is 6.27. The Morgan fingerprint density at radius 2 is 2.08 bits per heavy atom. The molecule has 0 aliphatic rings. The van der Waals surface area contributed by atoms with Gasteiger partial charge in [-0.2, -0.15) is 0 Å². The van der Waals surface area contributed by atoms with Crippen molar-refractivity contribution < 1.29 is 9.63 Å². The Morgan fingerprint density at radius 1 is 1.31 bits per heavy atom. The zero-order valence-corrected chi connectivity index (χ0v) is 7.32. The van der Waals surface area contributed by atoms with Gasteiger partial charge in [-0.3, -0.25) is 0 Å². The summed E-state index contributed by atoms with van der Waals surface area (Å²) >= 11 is 5.58. The van der Waals surface area contributed by atoms with Crippen LogP contribution in [0.4, 0.5) is 0 Å². The predicted molar refractivity (Wildman–Crippen MR) is 48.6 cm³/mol. The van der Waals surface area contributed by atoms with E-state index in [0.29, 0.717) is 11.3 Å². The van der Waals surface area contributed by atoms with Crippen LogP contribution in [0.15, 0.2) is 34.9 Å². The van der Waals surface area contributed by atoms with Gasteiger partial charge in [0.15, 0.2) is 10.9 Å². The molecule has 66 valence electrons. The van der Waals surface area contributed by atoms with Crippen molar-refractivity contribution in [3.8, 4) is 17.1 Å². The molecule has 0 saturated heterocycles. The van der Waals surface area contributed by atoms with E-state index >= 15 is 0 Å². The van der Waals surface area contributed by atoms with E-state index in [1.54, 1.807) is 30.3 Å². The Balaban J connectivity index is 2.52. The van der Waals surface area contributed by atoms with Crippen molar-refractivity contribution in [3.63, 3.8) is 0 Å². The fourth-order valence-electron chi connectivity index (χ4n) is 1.06. The van der Waals surface area contributed by atoms with Crippen molar-refractivity contribution >= 4 is 11.6 Å². The number of phenolic OH excluding ortho intramolecular Hbond substituents is 1. The molecule has 0 aliphatic carbocycles. The van der Waals surface area contributed by atoms with Gasteiger partial charge in [-0.05, 0) is 12.1 Å². The molecular weight excluding hydrogens is 190 g/mol. The molecule has 0 unspecified atom stereocenters. The number of halogens is 1. The molecule has 1 aromatic carbocycles. The minimum absolute atomic E-state index is 0.148. The summed E-state index contributed by atoms with van der Waals surface area (Å²) in [5.41, 5.74) is 0.585. The third kappa shape index (κ3) is 1.51. The Bertz CT molecular complexity index is 425. The van der Waals surface area contributed by atoms with Crippen LogP contribution in [-0.2, 0) is 0 Å². The lowest BCUT2D eigenvalue weighted by atomic mass is 10.1. The number of benzene rings is 1. The first kappa shape index (κ1) is 8.13. The SMILES string of the molecule is Oc1ccccc1-c1cc(Cl)no1. The number of aromatic nitrogens is 1. The fraction of sp³-hybridized carbons (Fsp3) is 0. The first-order valence-electron chi connectivity index (χ1n) is 3.68. The molecule has 2 aromatic rings. The van der Waals surface area contributed by atoms with Crippen LogP contribution in [0.1, 0.15) is 0 Å². The molecular formula is C9H6ClNO2. The van der Waals surface area contributed by atoms with Crippen LogP contribution in [0.25, 0.3) is 11.3 Å². The molecule has 0 amide bonds. The third-order valence-corrected chi connectivity index (χ3v) is 1.83. The number of nitrogens with zero attached hydrogens (tertiary/aromatic N) is 1. The maximum absolute atomic E-state index is 9.44. The molecule has 1 heterocycles. The molecule has 0 bridgehead atoms. The van der Waals surface area contributed by atoms with Crippen molar-refractivity contribution in [1.29, 1.82) is 0 Å². The number of phenols is 1. The molecule has 1 N–H and O–H groups in total. The van der Waals surface area contributed by atoms with Gasteiger partial charge in [0, 0.05) is 6.07 Å². The van der Waals surface area contributed by atoms with Crippen molar-refractivity contribution in [1.82, 2.24) is 5.16 Å². The maximum Gasteiger partial charge on any atom is 0.172 e. The molecule has 0 radical (unpaired) electrons. The minimum atomic E-state index is 0.148. The van der Waals surface area contributed by atoms with Crippen LogP contribution < -0.4 is 0 Å². The number of hydrogen-bond acceptors (Lipinski definition) is 3. The normalized spacial score (nSPS) is 10.2. The largest absolute Gasteiger partial charge is 0.507 e. The summed E-state index contributed by atoms with van der Waals surface area (Å²) in [6.45, 7) is 0. The number of rotatable bonds is 1. The highest BCUT2D eigenvalue weighted by molar-refractivity contribution is 6.29. The molecule has 13 heavy (non-hydrogen) atoms. The van der Waals surface area contributed by atoms with E-state index in [0.717, 1.165) is 0 Å². The van der Waals surface area contributed by atoms with Crippen LogP contribution in [0.5, 0.6) is 5.75 Å². The predicted octanol–water partition coefficient (Wildman–Crippen LogP) is 2.70. The lowest BCUT2D eigenvalue weighted by Gasteiger charge is -1.97. The van der Waals surface area contributed by atoms with Crippen LogP contribution in [-0.4, -0.2) is 10.3 Å². The van der Waals surface area contributed by atoms with E-state index in [2.05, 4.69) is 5.16 Å². The van der Waals surface area contributed by atoms with E-state index < -0.39 is 0 Å². The van der Waals surface area contributed by atoms with Crippen LogP contribution >= 0.6 is 11.6 Å². The van der Waals surface area contributed by atoms with E-state index in [1.807, 2.05) is 0 Å². The topological polar surface area (TPSA) is 46.3 Å². The molecule has 3 nitrogen and oxygen atoms in total. The van der Waals surface area contributed by atoms with Crippen molar-refractivity contribution in [3.05, 3.63) is 35.5 Å². The summed E-state index contributed by atoms with van der Waals surface area (Å²) in [4.78, 5) is 0. The first-order valence-corrected chi connectivity index (χ1v) is 4.06. The van der Waals surface area contributed by atoms with Gasteiger partial charge < -0.3 is 9.63 Å². The Labute approximate surface area is 79.6 Å². The Hall–Kier alpha value is -1.48. The lowest BCUT2D eigenvalue weighted by molar-refractivity contribution is 0.426. The molecule has 0 saturated carbocycles. The van der Waals surface area contributed by atoms with E-state index in [4.69, 9.17) is 16.1 Å². The fourth-order valence-corrected chi connectivity index (χ4v) is 1.20. The highest BCUT2D eigenvalue weighted by Gasteiger charge is 2.08. The van der Waals surface area contributed by atoms with Gasteiger partial charge in [0.25, 0.3) is 0 Å². The van der Waals surface area contributed by atoms with Crippen LogP contribution in [0, 0.1) is 0 Å². The zero-order valence-electron chi connectivity index (χ0n) is 6.57. The molecule has 0 aliphatic heterocycles. The van der Waals surface area contributed by atoms with E-state index in [1.165, 1.54) is 0 Å². The smallest absolute Gasteiger partial charge is 0.172 e. The van der Waals surface area contributed by atoms with Crippen molar-refractivity contribution in [2.24, 2.45) is 0 Å². The summed E-state index contributed by atoms with van der Waals surface area (Å²) in [6, 6.07) is 8.39. The Morgan fingerprint density at radius 3 is 2.69 bits per heavy atom. The summed E-state index contributed by atoms with van der Waals surface area (Å²) in [5.74, 6) is 0.610. The molecule has 2 rings (SSSR count). The second-order valence-corrected chi connectivity index (χ2v) is 2.92. The van der Waals surface area contributed by atoms with Gasteiger partial charge in [-0.25, -0.2) is 0 Å². The summed E-state index contributed by atoms with van der Waals surface area (Å²) in [5, 5.41) is 13.2. The number of hydrogen-bond donors (Lipinski definition) is 1. The summed E-state index contributed by atoms with van der Waals surface area (Å²) in [7, 11) is 0. The van der Waals surface area contributed by atoms with Gasteiger partial charge in [0.2, 0.25) is 0 Å². The molecule has 0 fully saturated rings. The van der Waals surface area contributed by atoms with Crippen molar-refractivity contribution in [2.45, 2.75) is 0 Å². The van der Waals surface area contributed by atoms with Gasteiger partial charge >= 0.3 is 0 Å². The molecule has 4 heteroatoms. The molecule has 0 atom stereocenters. The van der Waals surface area contributed by atoms with Gasteiger partial charge in [-0.15, -0.1) is 0 Å². The third-order valence-electron chi connectivity index (χ3n) is 1.65. The lowest BCUT2D eigenvalue weighted by Crippen LogP contribution is -1.73. The highest BCUT2D eigenvalue weighted by atomic mass is 35.5. The zero-order chi connectivity index (χ0) is 9.26. The summed E-state index contributed by atoms with van der Waals surface area (Å²) < 4.78 is 4.89. The maximum atomic E-state index is 9.44. The second kappa shape index (κ2) is 3.11. The van der Waals surface area contributed by atoms with Crippen LogP contribution in [0.3, 0.4) is 0 Å². The van der Waals surface area contributed by atoms with Gasteiger partial charge in [0.1, 0.15) is 5.75 Å². The van der Waals surface area contributed by atoms with Crippen LogP contribution in [0.2, 0.25) is 5.15 Å². The monoisotopic (exact) mass is 195 g/mol. The quantitative estimate of drug-likeness (QED) is 0.761. The average molecular weight is 196 g/mol. The minimum Gasteiger partial charge on any atom is -0.507 e. The van der Waals surface area contributed by atoms with Gasteiger partial charge in [-0.1, -0.05) is 28.9 Å². The Kier molecular flexibility index (Phi) is 1.94. The van der Waals surface area contributed by atoms with E-state index in [-0.39, 0.29) is 10.9 Å². The number of para-hydroxylation sites is 1. The molecule has 1 aromatic heterocycles. The van der Waals surface area contributed by atoms with Gasteiger partial charge in [0.05, 0.1) is 5.56 Å².